The fraction of sp³-hybridized carbons (Fsp3) is 0.462. The topological polar surface area (TPSA) is 28.7 Å². The SMILES string of the molecule is CCc1ncc(C(C)(C)C)c2[nH]ccc12. The molecule has 0 bridgehead atoms. The van der Waals surface area contributed by atoms with Crippen LogP contribution in [0.1, 0.15) is 39.0 Å². The molecule has 2 aromatic rings. The summed E-state index contributed by atoms with van der Waals surface area (Å²) < 4.78 is 0. The lowest BCUT2D eigenvalue weighted by Crippen LogP contribution is -2.12. The van der Waals surface area contributed by atoms with Crippen molar-refractivity contribution in [2.24, 2.45) is 0 Å². The molecule has 0 atom stereocenters. The van der Waals surface area contributed by atoms with Crippen molar-refractivity contribution in [2.45, 2.75) is 39.5 Å². The average molecular weight is 202 g/mol. The first kappa shape index (κ1) is 10.2. The summed E-state index contributed by atoms with van der Waals surface area (Å²) in [7, 11) is 0. The molecule has 2 aromatic heterocycles. The van der Waals surface area contributed by atoms with Gasteiger partial charge in [-0.15, -0.1) is 0 Å². The standard InChI is InChI=1S/C13H18N2/c1-5-11-9-6-7-14-12(9)10(8-15-11)13(2,3)4/h6-8,14H,5H2,1-4H3. The second-order valence-electron chi connectivity index (χ2n) is 4.99. The van der Waals surface area contributed by atoms with Crippen LogP contribution in [0.4, 0.5) is 0 Å². The van der Waals surface area contributed by atoms with Crippen LogP contribution in [-0.4, -0.2) is 9.97 Å². The Kier molecular flexibility index (Phi) is 2.29. The lowest BCUT2D eigenvalue weighted by molar-refractivity contribution is 0.592. The molecular weight excluding hydrogens is 184 g/mol. The highest BCUT2D eigenvalue weighted by atomic mass is 14.7. The number of nitrogens with one attached hydrogen (secondary N) is 1. The van der Waals surface area contributed by atoms with Crippen LogP contribution < -0.4 is 0 Å². The van der Waals surface area contributed by atoms with Gasteiger partial charge < -0.3 is 4.98 Å². The Morgan fingerprint density at radius 2 is 2.07 bits per heavy atom. The molecule has 2 nitrogen and oxygen atoms in total. The largest absolute Gasteiger partial charge is 0.361 e. The van der Waals surface area contributed by atoms with E-state index in [1.807, 2.05) is 12.4 Å². The van der Waals surface area contributed by atoms with Gasteiger partial charge in [-0.05, 0) is 23.5 Å². The van der Waals surface area contributed by atoms with E-state index in [0.29, 0.717) is 0 Å². The van der Waals surface area contributed by atoms with E-state index in [9.17, 15) is 0 Å². The average Bonchev–Trinajstić information content (AvgIpc) is 2.62. The maximum Gasteiger partial charge on any atom is 0.0525 e. The van der Waals surface area contributed by atoms with Crippen LogP contribution in [0.15, 0.2) is 18.5 Å². The molecule has 0 fully saturated rings. The van der Waals surface area contributed by atoms with Crippen molar-refractivity contribution in [3.8, 4) is 0 Å². The number of aromatic nitrogens is 2. The first-order chi connectivity index (χ1) is 7.04. The van der Waals surface area contributed by atoms with Gasteiger partial charge >= 0.3 is 0 Å². The molecule has 2 heteroatoms. The van der Waals surface area contributed by atoms with Crippen molar-refractivity contribution >= 4 is 10.9 Å². The van der Waals surface area contributed by atoms with E-state index in [4.69, 9.17) is 0 Å². The predicted molar refractivity (Wildman–Crippen MR) is 64.2 cm³/mol. The summed E-state index contributed by atoms with van der Waals surface area (Å²) >= 11 is 0. The summed E-state index contributed by atoms with van der Waals surface area (Å²) in [5.41, 5.74) is 3.86. The third-order valence-electron chi connectivity index (χ3n) is 2.82. The highest BCUT2D eigenvalue weighted by Gasteiger charge is 2.19. The highest BCUT2D eigenvalue weighted by molar-refractivity contribution is 5.85. The lowest BCUT2D eigenvalue weighted by Gasteiger charge is -2.20. The Morgan fingerprint density at radius 3 is 2.67 bits per heavy atom. The van der Waals surface area contributed by atoms with Crippen molar-refractivity contribution in [1.82, 2.24) is 9.97 Å². The van der Waals surface area contributed by atoms with E-state index < -0.39 is 0 Å². The summed E-state index contributed by atoms with van der Waals surface area (Å²) in [5.74, 6) is 0. The van der Waals surface area contributed by atoms with Crippen LogP contribution in [0, 0.1) is 0 Å². The smallest absolute Gasteiger partial charge is 0.0525 e. The molecule has 0 unspecified atom stereocenters. The van der Waals surface area contributed by atoms with Gasteiger partial charge in [-0.25, -0.2) is 0 Å². The molecule has 0 aromatic carbocycles. The van der Waals surface area contributed by atoms with E-state index in [1.165, 1.54) is 22.2 Å². The van der Waals surface area contributed by atoms with Gasteiger partial charge in [0.05, 0.1) is 5.52 Å². The second-order valence-corrected chi connectivity index (χ2v) is 4.99. The van der Waals surface area contributed by atoms with Gasteiger partial charge in [0, 0.05) is 23.5 Å². The predicted octanol–water partition coefficient (Wildman–Crippen LogP) is 3.42. The Hall–Kier alpha value is -1.31. The number of hydrogen-bond donors (Lipinski definition) is 1. The van der Waals surface area contributed by atoms with E-state index in [2.05, 4.69) is 43.7 Å². The minimum atomic E-state index is 0.141. The van der Waals surface area contributed by atoms with Gasteiger partial charge in [0.15, 0.2) is 0 Å². The van der Waals surface area contributed by atoms with Gasteiger partial charge in [-0.2, -0.15) is 0 Å². The van der Waals surface area contributed by atoms with Gasteiger partial charge in [-0.1, -0.05) is 27.7 Å². The highest BCUT2D eigenvalue weighted by Crippen LogP contribution is 2.29. The number of aryl methyl sites for hydroxylation is 1. The molecule has 0 aliphatic carbocycles. The van der Waals surface area contributed by atoms with Gasteiger partial charge in [-0.3, -0.25) is 4.98 Å². The molecule has 0 aliphatic heterocycles. The molecule has 2 heterocycles. The van der Waals surface area contributed by atoms with E-state index in [1.54, 1.807) is 0 Å². The zero-order valence-electron chi connectivity index (χ0n) is 9.89. The quantitative estimate of drug-likeness (QED) is 0.754. The fourth-order valence-electron chi connectivity index (χ4n) is 1.96. The Morgan fingerprint density at radius 1 is 1.33 bits per heavy atom. The normalized spacial score (nSPS) is 12.3. The minimum Gasteiger partial charge on any atom is -0.361 e. The number of nitrogens with zero attached hydrogens (tertiary/aromatic N) is 1. The molecule has 0 saturated carbocycles. The fourth-order valence-corrected chi connectivity index (χ4v) is 1.96. The monoisotopic (exact) mass is 202 g/mol. The molecule has 0 radical (unpaired) electrons. The van der Waals surface area contributed by atoms with Crippen molar-refractivity contribution in [3.63, 3.8) is 0 Å². The lowest BCUT2D eigenvalue weighted by atomic mass is 9.87. The van der Waals surface area contributed by atoms with Crippen LogP contribution in [0.25, 0.3) is 10.9 Å². The molecular formula is C13H18N2. The number of H-pyrrole nitrogens is 1. The summed E-state index contributed by atoms with van der Waals surface area (Å²) in [6.07, 6.45) is 5.00. The summed E-state index contributed by atoms with van der Waals surface area (Å²) in [6, 6.07) is 2.12. The molecule has 2 rings (SSSR count). The van der Waals surface area contributed by atoms with Crippen molar-refractivity contribution in [2.75, 3.05) is 0 Å². The van der Waals surface area contributed by atoms with Crippen molar-refractivity contribution < 1.29 is 0 Å². The van der Waals surface area contributed by atoms with E-state index in [0.717, 1.165) is 6.42 Å². The molecule has 0 amide bonds. The van der Waals surface area contributed by atoms with Gasteiger partial charge in [0.25, 0.3) is 0 Å². The third-order valence-corrected chi connectivity index (χ3v) is 2.82. The van der Waals surface area contributed by atoms with Crippen molar-refractivity contribution in [3.05, 3.63) is 29.7 Å². The number of fused-ring (bicyclic) bond motifs is 1. The number of aromatic amines is 1. The summed E-state index contributed by atoms with van der Waals surface area (Å²) in [4.78, 5) is 7.87. The van der Waals surface area contributed by atoms with Crippen LogP contribution in [0.3, 0.4) is 0 Å². The number of pyridine rings is 1. The third kappa shape index (κ3) is 1.65. The van der Waals surface area contributed by atoms with E-state index >= 15 is 0 Å². The molecule has 0 saturated heterocycles. The molecule has 1 N–H and O–H groups in total. The molecule has 0 spiro atoms. The maximum absolute atomic E-state index is 4.54. The first-order valence-corrected chi connectivity index (χ1v) is 5.49. The molecule has 0 aliphatic rings. The van der Waals surface area contributed by atoms with Gasteiger partial charge in [0.1, 0.15) is 0 Å². The van der Waals surface area contributed by atoms with Crippen LogP contribution in [0.5, 0.6) is 0 Å². The molecule has 80 valence electrons. The number of rotatable bonds is 1. The summed E-state index contributed by atoms with van der Waals surface area (Å²) in [6.45, 7) is 8.80. The van der Waals surface area contributed by atoms with Crippen LogP contribution in [-0.2, 0) is 11.8 Å². The van der Waals surface area contributed by atoms with Crippen LogP contribution >= 0.6 is 0 Å². The van der Waals surface area contributed by atoms with E-state index in [-0.39, 0.29) is 5.41 Å². The van der Waals surface area contributed by atoms with Gasteiger partial charge in [0.2, 0.25) is 0 Å². The summed E-state index contributed by atoms with van der Waals surface area (Å²) in [5, 5.41) is 1.27. The Balaban J connectivity index is 2.74. The number of hydrogen-bond acceptors (Lipinski definition) is 1. The zero-order chi connectivity index (χ0) is 11.1. The Bertz CT molecular complexity index is 475. The minimum absolute atomic E-state index is 0.141. The maximum atomic E-state index is 4.54. The second kappa shape index (κ2) is 3.37. The zero-order valence-corrected chi connectivity index (χ0v) is 9.89. The first-order valence-electron chi connectivity index (χ1n) is 5.49. The van der Waals surface area contributed by atoms with Crippen molar-refractivity contribution in [1.29, 1.82) is 0 Å². The Labute approximate surface area is 90.7 Å². The van der Waals surface area contributed by atoms with Crippen LogP contribution in [0.2, 0.25) is 0 Å². The molecule has 15 heavy (non-hydrogen) atoms.